The van der Waals surface area contributed by atoms with Crippen LogP contribution < -0.4 is 5.32 Å². The lowest BCUT2D eigenvalue weighted by molar-refractivity contribution is 0.244. The third-order valence-corrected chi connectivity index (χ3v) is 2.97. The second-order valence-electron chi connectivity index (χ2n) is 4.26. The fourth-order valence-corrected chi connectivity index (χ4v) is 2.04. The van der Waals surface area contributed by atoms with E-state index in [9.17, 15) is 0 Å². The number of aromatic nitrogens is 1. The van der Waals surface area contributed by atoms with Gasteiger partial charge in [0.15, 0.2) is 0 Å². The van der Waals surface area contributed by atoms with Crippen LogP contribution >= 0.6 is 0 Å². The zero-order valence-electron chi connectivity index (χ0n) is 10.3. The molecule has 0 fully saturated rings. The van der Waals surface area contributed by atoms with E-state index in [4.69, 9.17) is 9.52 Å². The first kappa shape index (κ1) is 11.7. The molecule has 19 heavy (non-hydrogen) atoms. The van der Waals surface area contributed by atoms with E-state index in [1.54, 1.807) is 12.3 Å². The minimum atomic E-state index is -0.0712. The van der Waals surface area contributed by atoms with Gasteiger partial charge in [-0.3, -0.25) is 4.98 Å². The summed E-state index contributed by atoms with van der Waals surface area (Å²) in [6.45, 7) is 0.506. The van der Waals surface area contributed by atoms with Crippen molar-refractivity contribution in [3.8, 4) is 0 Å². The van der Waals surface area contributed by atoms with Gasteiger partial charge >= 0.3 is 0 Å². The van der Waals surface area contributed by atoms with Crippen molar-refractivity contribution in [2.45, 2.75) is 13.2 Å². The Morgan fingerprint density at radius 3 is 2.79 bits per heavy atom. The first-order valence-corrected chi connectivity index (χ1v) is 6.13. The van der Waals surface area contributed by atoms with E-state index in [1.165, 1.54) is 0 Å². The van der Waals surface area contributed by atoms with Gasteiger partial charge in [0.25, 0.3) is 0 Å². The number of aliphatic hydroxyl groups excluding tert-OH is 1. The van der Waals surface area contributed by atoms with Crippen molar-refractivity contribution >= 4 is 16.6 Å². The lowest BCUT2D eigenvalue weighted by Crippen LogP contribution is -1.99. The van der Waals surface area contributed by atoms with Gasteiger partial charge in [-0.15, -0.1) is 0 Å². The Kier molecular flexibility index (Phi) is 3.16. The number of nitrogens with one attached hydrogen (secondary N) is 1. The summed E-state index contributed by atoms with van der Waals surface area (Å²) in [5, 5.41) is 13.4. The van der Waals surface area contributed by atoms with Crippen LogP contribution in [0.2, 0.25) is 0 Å². The molecule has 3 rings (SSSR count). The molecule has 0 aliphatic rings. The van der Waals surface area contributed by atoms with Crippen molar-refractivity contribution in [1.82, 2.24) is 4.98 Å². The molecule has 3 aromatic rings. The Hall–Kier alpha value is -2.33. The molecule has 4 heteroatoms. The van der Waals surface area contributed by atoms with E-state index >= 15 is 0 Å². The topological polar surface area (TPSA) is 58.3 Å². The summed E-state index contributed by atoms with van der Waals surface area (Å²) >= 11 is 0. The highest BCUT2D eigenvalue weighted by atomic mass is 16.4. The Balaban J connectivity index is 1.81. The van der Waals surface area contributed by atoms with Crippen LogP contribution in [0.4, 0.5) is 5.69 Å². The molecule has 2 N–H and O–H groups in total. The van der Waals surface area contributed by atoms with Gasteiger partial charge in [-0.05, 0) is 36.4 Å². The van der Waals surface area contributed by atoms with Crippen LogP contribution in [-0.4, -0.2) is 10.1 Å². The summed E-state index contributed by atoms with van der Waals surface area (Å²) in [6, 6.07) is 13.6. The third kappa shape index (κ3) is 2.44. The van der Waals surface area contributed by atoms with Crippen LogP contribution in [0, 0.1) is 0 Å². The van der Waals surface area contributed by atoms with E-state index in [-0.39, 0.29) is 6.61 Å². The molecule has 0 saturated carbocycles. The summed E-state index contributed by atoms with van der Waals surface area (Å²) in [5.74, 6) is 1.38. The summed E-state index contributed by atoms with van der Waals surface area (Å²) in [7, 11) is 0. The van der Waals surface area contributed by atoms with Gasteiger partial charge < -0.3 is 14.8 Å². The maximum atomic E-state index is 8.96. The number of hydrogen-bond donors (Lipinski definition) is 2. The molecule has 0 amide bonds. The predicted octanol–water partition coefficient (Wildman–Crippen LogP) is 2.93. The molecule has 0 aliphatic heterocycles. The number of aliphatic hydroxyl groups is 1. The van der Waals surface area contributed by atoms with Crippen LogP contribution in [-0.2, 0) is 13.2 Å². The summed E-state index contributed by atoms with van der Waals surface area (Å²) in [6.07, 6.45) is 1.78. The fraction of sp³-hybridized carbons (Fsp3) is 0.133. The average Bonchev–Trinajstić information content (AvgIpc) is 2.93. The van der Waals surface area contributed by atoms with E-state index in [0.717, 1.165) is 22.4 Å². The van der Waals surface area contributed by atoms with Crippen molar-refractivity contribution in [3.63, 3.8) is 0 Å². The Bertz CT molecular complexity index is 686. The van der Waals surface area contributed by atoms with Crippen LogP contribution in [0.1, 0.15) is 11.5 Å². The maximum absolute atomic E-state index is 8.96. The molecule has 1 aromatic carbocycles. The molecule has 0 spiro atoms. The van der Waals surface area contributed by atoms with Crippen molar-refractivity contribution < 1.29 is 9.52 Å². The number of anilines is 1. The Labute approximate surface area is 110 Å². The monoisotopic (exact) mass is 254 g/mol. The molecule has 0 bridgehead atoms. The quantitative estimate of drug-likeness (QED) is 0.751. The number of hydrogen-bond acceptors (Lipinski definition) is 4. The molecule has 96 valence electrons. The van der Waals surface area contributed by atoms with Crippen LogP contribution in [0.3, 0.4) is 0 Å². The smallest absolute Gasteiger partial charge is 0.129 e. The number of fused-ring (bicyclic) bond motifs is 1. The van der Waals surface area contributed by atoms with Crippen molar-refractivity contribution in [2.24, 2.45) is 0 Å². The molecule has 2 aromatic heterocycles. The Morgan fingerprint density at radius 2 is 1.95 bits per heavy atom. The normalized spacial score (nSPS) is 10.8. The number of nitrogens with zero attached hydrogens (tertiary/aromatic N) is 1. The molecular weight excluding hydrogens is 240 g/mol. The average molecular weight is 254 g/mol. The first-order chi connectivity index (χ1) is 9.36. The minimum absolute atomic E-state index is 0.0712. The van der Waals surface area contributed by atoms with Crippen molar-refractivity contribution in [1.29, 1.82) is 0 Å². The van der Waals surface area contributed by atoms with Gasteiger partial charge in [0.1, 0.15) is 18.1 Å². The molecule has 2 heterocycles. The van der Waals surface area contributed by atoms with Gasteiger partial charge in [-0.2, -0.15) is 0 Å². The highest BCUT2D eigenvalue weighted by Gasteiger charge is 2.03. The van der Waals surface area contributed by atoms with Gasteiger partial charge in [0.05, 0.1) is 12.1 Å². The first-order valence-electron chi connectivity index (χ1n) is 6.13. The number of rotatable bonds is 4. The maximum Gasteiger partial charge on any atom is 0.129 e. The number of pyridine rings is 1. The fourth-order valence-electron chi connectivity index (χ4n) is 2.04. The van der Waals surface area contributed by atoms with Gasteiger partial charge in [0.2, 0.25) is 0 Å². The van der Waals surface area contributed by atoms with Crippen molar-refractivity contribution in [2.75, 3.05) is 5.32 Å². The number of benzene rings is 1. The summed E-state index contributed by atoms with van der Waals surface area (Å²) < 4.78 is 5.44. The van der Waals surface area contributed by atoms with Crippen LogP contribution in [0.15, 0.2) is 53.1 Å². The van der Waals surface area contributed by atoms with E-state index in [2.05, 4.69) is 10.3 Å². The van der Waals surface area contributed by atoms with E-state index in [1.807, 2.05) is 36.4 Å². The standard InChI is InChI=1S/C15H14N2O2/c18-10-12-7-6-11(19-12)9-17-15-5-1-4-14-13(15)3-2-8-16-14/h1-8,17-18H,9-10H2. The van der Waals surface area contributed by atoms with Gasteiger partial charge in [-0.1, -0.05) is 6.07 Å². The lowest BCUT2D eigenvalue weighted by atomic mass is 10.2. The predicted molar refractivity (Wildman–Crippen MR) is 73.7 cm³/mol. The summed E-state index contributed by atoms with van der Waals surface area (Å²) in [5.41, 5.74) is 1.98. The molecule has 0 radical (unpaired) electrons. The second kappa shape index (κ2) is 5.12. The lowest BCUT2D eigenvalue weighted by Gasteiger charge is -2.07. The van der Waals surface area contributed by atoms with Gasteiger partial charge in [-0.25, -0.2) is 0 Å². The van der Waals surface area contributed by atoms with Gasteiger partial charge in [0, 0.05) is 17.3 Å². The molecule has 0 atom stereocenters. The SMILES string of the molecule is OCc1ccc(CNc2cccc3ncccc23)o1. The third-order valence-electron chi connectivity index (χ3n) is 2.97. The van der Waals surface area contributed by atoms with E-state index < -0.39 is 0 Å². The highest BCUT2D eigenvalue weighted by Crippen LogP contribution is 2.22. The highest BCUT2D eigenvalue weighted by molar-refractivity contribution is 5.91. The molecule has 4 nitrogen and oxygen atoms in total. The minimum Gasteiger partial charge on any atom is -0.462 e. The zero-order chi connectivity index (χ0) is 13.1. The molecule has 0 unspecified atom stereocenters. The second-order valence-corrected chi connectivity index (χ2v) is 4.26. The van der Waals surface area contributed by atoms with Crippen LogP contribution in [0.25, 0.3) is 10.9 Å². The van der Waals surface area contributed by atoms with Crippen molar-refractivity contribution in [3.05, 3.63) is 60.2 Å². The Morgan fingerprint density at radius 1 is 1.05 bits per heavy atom. The zero-order valence-corrected chi connectivity index (χ0v) is 10.3. The molecule has 0 saturated heterocycles. The van der Waals surface area contributed by atoms with E-state index in [0.29, 0.717) is 12.3 Å². The summed E-state index contributed by atoms with van der Waals surface area (Å²) in [4.78, 5) is 4.32. The van der Waals surface area contributed by atoms with Crippen LogP contribution in [0.5, 0.6) is 0 Å². The largest absolute Gasteiger partial charge is 0.462 e. The molecule has 0 aliphatic carbocycles. The number of furan rings is 1. The molecular formula is C15H14N2O2.